The number of hydrogen-bond donors (Lipinski definition) is 2. The maximum Gasteiger partial charge on any atom is 0.251 e. The van der Waals surface area contributed by atoms with Crippen molar-refractivity contribution in [1.29, 1.82) is 0 Å². The molecule has 2 N–H and O–H groups in total. The summed E-state index contributed by atoms with van der Waals surface area (Å²) >= 11 is 6.13. The van der Waals surface area contributed by atoms with Gasteiger partial charge >= 0.3 is 0 Å². The molecule has 0 bridgehead atoms. The average Bonchev–Trinajstić information content (AvgIpc) is 3.22. The van der Waals surface area contributed by atoms with E-state index >= 15 is 0 Å². The maximum atomic E-state index is 14.4. The van der Waals surface area contributed by atoms with Crippen molar-refractivity contribution in [3.05, 3.63) is 119 Å². The molecule has 0 radical (unpaired) electrons. The summed E-state index contributed by atoms with van der Waals surface area (Å²) in [5.41, 5.74) is 5.12. The molecule has 0 fully saturated rings. The molecule has 0 aliphatic carbocycles. The minimum Gasteiger partial charge on any atom is -0.360 e. The fourth-order valence-electron chi connectivity index (χ4n) is 3.80. The highest BCUT2D eigenvalue weighted by molar-refractivity contribution is 6.35. The Labute approximate surface area is 200 Å². The number of fused-ring (bicyclic) bond motifs is 1. The summed E-state index contributed by atoms with van der Waals surface area (Å²) in [6.45, 7) is 0.0463. The Balaban J connectivity index is 1.26. The van der Waals surface area contributed by atoms with E-state index in [1.54, 1.807) is 30.6 Å². The molecule has 1 amide bonds. The van der Waals surface area contributed by atoms with Gasteiger partial charge in [0.25, 0.3) is 5.91 Å². The molecular weight excluding hydrogens is 451 g/mol. The van der Waals surface area contributed by atoms with Crippen LogP contribution in [0.3, 0.4) is 0 Å². The first-order chi connectivity index (χ1) is 16.6. The summed E-state index contributed by atoms with van der Waals surface area (Å²) in [4.78, 5) is 24.5. The number of rotatable bonds is 6. The van der Waals surface area contributed by atoms with Crippen molar-refractivity contribution in [2.24, 2.45) is 0 Å². The summed E-state index contributed by atoms with van der Waals surface area (Å²) < 4.78 is 14.4. The number of nitrogens with one attached hydrogen (secondary N) is 2. The third-order valence-electron chi connectivity index (χ3n) is 5.60. The summed E-state index contributed by atoms with van der Waals surface area (Å²) in [7, 11) is 0. The van der Waals surface area contributed by atoms with Crippen LogP contribution in [-0.2, 0) is 13.0 Å². The van der Waals surface area contributed by atoms with E-state index in [1.807, 2.05) is 48.7 Å². The first-order valence-corrected chi connectivity index (χ1v) is 11.1. The second-order valence-electron chi connectivity index (χ2n) is 7.94. The number of aromatic amines is 1. The zero-order chi connectivity index (χ0) is 23.5. The molecular formula is C27H20ClFN4O. The SMILES string of the molecule is O=C(NCc1cc2c(Cl)c[nH]c2cc1F)c1ccnc(Cc2ccc(-c3ccccc3)nc2)c1. The van der Waals surface area contributed by atoms with Crippen LogP contribution in [0.4, 0.5) is 4.39 Å². The molecule has 5 aromatic rings. The predicted molar refractivity (Wildman–Crippen MR) is 131 cm³/mol. The Morgan fingerprint density at radius 1 is 1.03 bits per heavy atom. The highest BCUT2D eigenvalue weighted by atomic mass is 35.5. The molecule has 0 saturated carbocycles. The van der Waals surface area contributed by atoms with Gasteiger partial charge in [0.2, 0.25) is 0 Å². The quantitative estimate of drug-likeness (QED) is 0.322. The fraction of sp³-hybridized carbons (Fsp3) is 0.0741. The number of carbonyl (C=O) groups excluding carboxylic acids is 1. The van der Waals surface area contributed by atoms with Gasteiger partial charge in [-0.2, -0.15) is 0 Å². The number of H-pyrrole nitrogens is 1. The van der Waals surface area contributed by atoms with Gasteiger partial charge < -0.3 is 10.3 Å². The average molecular weight is 471 g/mol. The highest BCUT2D eigenvalue weighted by Gasteiger charge is 2.12. The molecule has 0 aliphatic heterocycles. The van der Waals surface area contributed by atoms with Crippen LogP contribution in [-0.4, -0.2) is 20.9 Å². The number of carbonyl (C=O) groups is 1. The molecule has 3 aromatic heterocycles. The lowest BCUT2D eigenvalue weighted by Gasteiger charge is -2.09. The smallest absolute Gasteiger partial charge is 0.251 e. The number of halogens is 2. The van der Waals surface area contributed by atoms with Crippen molar-refractivity contribution in [3.63, 3.8) is 0 Å². The summed E-state index contributed by atoms with van der Waals surface area (Å²) in [5, 5.41) is 4.00. The van der Waals surface area contributed by atoms with Gasteiger partial charge in [0.15, 0.2) is 0 Å². The molecule has 0 saturated heterocycles. The van der Waals surface area contributed by atoms with E-state index in [4.69, 9.17) is 11.6 Å². The lowest BCUT2D eigenvalue weighted by Crippen LogP contribution is -2.23. The van der Waals surface area contributed by atoms with Gasteiger partial charge in [0.05, 0.1) is 10.7 Å². The van der Waals surface area contributed by atoms with E-state index in [0.29, 0.717) is 33.5 Å². The van der Waals surface area contributed by atoms with Gasteiger partial charge in [-0.3, -0.25) is 14.8 Å². The topological polar surface area (TPSA) is 70.7 Å². The number of hydrogen-bond acceptors (Lipinski definition) is 3. The second-order valence-corrected chi connectivity index (χ2v) is 8.35. The number of nitrogens with zero attached hydrogens (tertiary/aromatic N) is 2. The van der Waals surface area contributed by atoms with Crippen LogP contribution in [0.25, 0.3) is 22.2 Å². The van der Waals surface area contributed by atoms with Gasteiger partial charge in [-0.1, -0.05) is 48.0 Å². The number of benzene rings is 2. The Kier molecular flexibility index (Phi) is 6.06. The molecule has 3 heterocycles. The largest absolute Gasteiger partial charge is 0.360 e. The van der Waals surface area contributed by atoms with E-state index in [9.17, 15) is 9.18 Å². The van der Waals surface area contributed by atoms with E-state index in [1.165, 1.54) is 6.07 Å². The Morgan fingerprint density at radius 3 is 2.68 bits per heavy atom. The first-order valence-electron chi connectivity index (χ1n) is 10.8. The van der Waals surface area contributed by atoms with Gasteiger partial charge in [0, 0.05) is 64.8 Å². The van der Waals surface area contributed by atoms with Gasteiger partial charge in [0.1, 0.15) is 5.82 Å². The van der Waals surface area contributed by atoms with Crippen molar-refractivity contribution in [2.45, 2.75) is 13.0 Å². The molecule has 0 spiro atoms. The van der Waals surface area contributed by atoms with Crippen LogP contribution in [0.5, 0.6) is 0 Å². The number of aromatic nitrogens is 3. The van der Waals surface area contributed by atoms with Gasteiger partial charge in [-0.25, -0.2) is 4.39 Å². The van der Waals surface area contributed by atoms with Gasteiger partial charge in [-0.05, 0) is 35.9 Å². The third-order valence-corrected chi connectivity index (χ3v) is 5.91. The lowest BCUT2D eigenvalue weighted by molar-refractivity contribution is 0.0950. The van der Waals surface area contributed by atoms with Crippen LogP contribution in [0.1, 0.15) is 27.2 Å². The standard InChI is InChI=1S/C27H20ClFN4O/c28-23-16-32-26-13-24(29)20(12-22(23)26)15-33-27(34)19-8-9-30-21(11-19)10-17-6-7-25(31-14-17)18-4-2-1-3-5-18/h1-9,11-14,16,32H,10,15H2,(H,33,34). The van der Waals surface area contributed by atoms with Crippen LogP contribution in [0.2, 0.25) is 5.02 Å². The van der Waals surface area contributed by atoms with Crippen molar-refractivity contribution < 1.29 is 9.18 Å². The van der Waals surface area contributed by atoms with Crippen LogP contribution in [0, 0.1) is 5.82 Å². The van der Waals surface area contributed by atoms with E-state index in [-0.39, 0.29) is 12.5 Å². The van der Waals surface area contributed by atoms with E-state index in [2.05, 4.69) is 20.3 Å². The number of amides is 1. The van der Waals surface area contributed by atoms with Crippen LogP contribution < -0.4 is 5.32 Å². The molecule has 34 heavy (non-hydrogen) atoms. The fourth-order valence-corrected chi connectivity index (χ4v) is 4.01. The Morgan fingerprint density at radius 2 is 1.88 bits per heavy atom. The zero-order valence-electron chi connectivity index (χ0n) is 18.1. The van der Waals surface area contributed by atoms with E-state index in [0.717, 1.165) is 22.5 Å². The Hall–Kier alpha value is -4.03. The zero-order valence-corrected chi connectivity index (χ0v) is 18.8. The molecule has 2 aromatic carbocycles. The molecule has 0 aliphatic rings. The lowest BCUT2D eigenvalue weighted by atomic mass is 10.1. The monoisotopic (exact) mass is 470 g/mol. The Bertz CT molecular complexity index is 1470. The molecule has 0 unspecified atom stereocenters. The van der Waals surface area contributed by atoms with Gasteiger partial charge in [-0.15, -0.1) is 0 Å². The second kappa shape index (κ2) is 9.45. The van der Waals surface area contributed by atoms with Crippen molar-refractivity contribution >= 4 is 28.4 Å². The van der Waals surface area contributed by atoms with Crippen molar-refractivity contribution in [1.82, 2.24) is 20.3 Å². The third kappa shape index (κ3) is 4.67. The molecule has 0 atom stereocenters. The maximum absolute atomic E-state index is 14.4. The summed E-state index contributed by atoms with van der Waals surface area (Å²) in [5.74, 6) is -0.714. The first kappa shape index (κ1) is 21.8. The minimum atomic E-state index is -0.409. The van der Waals surface area contributed by atoms with Crippen LogP contribution in [0.15, 0.2) is 85.3 Å². The minimum absolute atomic E-state index is 0.0463. The number of pyridine rings is 2. The van der Waals surface area contributed by atoms with E-state index < -0.39 is 5.82 Å². The normalized spacial score (nSPS) is 11.0. The van der Waals surface area contributed by atoms with Crippen LogP contribution >= 0.6 is 11.6 Å². The predicted octanol–water partition coefficient (Wildman–Crippen LogP) is 5.94. The molecule has 5 rings (SSSR count). The summed E-state index contributed by atoms with van der Waals surface area (Å²) in [6, 6.07) is 20.4. The van der Waals surface area contributed by atoms with Crippen molar-refractivity contribution in [2.75, 3.05) is 0 Å². The highest BCUT2D eigenvalue weighted by Crippen LogP contribution is 2.26. The summed E-state index contributed by atoms with van der Waals surface area (Å²) in [6.07, 6.45) is 5.57. The molecule has 5 nitrogen and oxygen atoms in total. The molecule has 168 valence electrons. The molecule has 7 heteroatoms. The van der Waals surface area contributed by atoms with Crippen molar-refractivity contribution in [3.8, 4) is 11.3 Å².